The van der Waals surface area contributed by atoms with Gasteiger partial charge < -0.3 is 4.84 Å². The Bertz CT molecular complexity index is 1090. The summed E-state index contributed by atoms with van der Waals surface area (Å²) in [5, 5.41) is 3.65. The first-order chi connectivity index (χ1) is 14.0. The monoisotopic (exact) mass is 385 g/mol. The second kappa shape index (κ2) is 7.63. The molecule has 146 valence electrons. The number of rotatable bonds is 3. The van der Waals surface area contributed by atoms with Crippen molar-refractivity contribution in [3.05, 3.63) is 76.9 Å². The first-order valence-electron chi connectivity index (χ1n) is 9.85. The highest BCUT2D eigenvalue weighted by Gasteiger charge is 2.28. The van der Waals surface area contributed by atoms with Crippen LogP contribution < -0.4 is 0 Å². The van der Waals surface area contributed by atoms with Crippen LogP contribution >= 0.6 is 0 Å². The van der Waals surface area contributed by atoms with E-state index in [-0.39, 0.29) is 11.5 Å². The quantitative estimate of drug-likeness (QED) is 0.190. The second-order valence-electron chi connectivity index (χ2n) is 7.62. The summed E-state index contributed by atoms with van der Waals surface area (Å²) in [7, 11) is 0. The van der Waals surface area contributed by atoms with E-state index in [4.69, 9.17) is 0 Å². The van der Waals surface area contributed by atoms with Crippen LogP contribution in [0.4, 0.5) is 0 Å². The van der Waals surface area contributed by atoms with Gasteiger partial charge in [-0.05, 0) is 66.5 Å². The summed E-state index contributed by atoms with van der Waals surface area (Å²) in [6.07, 6.45) is 4.05. The van der Waals surface area contributed by atoms with E-state index >= 15 is 0 Å². The lowest BCUT2D eigenvalue weighted by molar-refractivity contribution is -0.140. The summed E-state index contributed by atoms with van der Waals surface area (Å²) in [5.41, 5.74) is 9.38. The van der Waals surface area contributed by atoms with Crippen molar-refractivity contribution in [2.75, 3.05) is 0 Å². The zero-order valence-electron chi connectivity index (χ0n) is 16.7. The molecule has 0 saturated heterocycles. The molecule has 2 aliphatic carbocycles. The summed E-state index contributed by atoms with van der Waals surface area (Å²) in [5.74, 6) is -0.793. The number of hydrogen-bond acceptors (Lipinski definition) is 4. The van der Waals surface area contributed by atoms with Crippen LogP contribution in [0.5, 0.6) is 0 Å². The van der Waals surface area contributed by atoms with Gasteiger partial charge in [0, 0.05) is 12.5 Å². The highest BCUT2D eigenvalue weighted by atomic mass is 16.7. The van der Waals surface area contributed by atoms with Crippen LogP contribution in [0, 0.1) is 0 Å². The van der Waals surface area contributed by atoms with E-state index in [1.54, 1.807) is 6.92 Å². The third-order valence-corrected chi connectivity index (χ3v) is 5.59. The van der Waals surface area contributed by atoms with Crippen molar-refractivity contribution >= 4 is 23.0 Å². The Balaban J connectivity index is 1.80. The molecule has 1 fully saturated rings. The molecule has 0 amide bonds. The Kier molecular flexibility index (Phi) is 5.01. The third kappa shape index (κ3) is 3.58. The number of allylic oxidation sites excluding steroid dienone is 2. The Morgan fingerprint density at radius 2 is 1.55 bits per heavy atom. The molecule has 0 unspecified atom stereocenters. The first-order valence-corrected chi connectivity index (χ1v) is 9.85. The number of fused-ring (bicyclic) bond motifs is 3. The topological polar surface area (TPSA) is 55.7 Å². The van der Waals surface area contributed by atoms with Gasteiger partial charge in [-0.1, -0.05) is 59.3 Å². The number of oxime groups is 1. The van der Waals surface area contributed by atoms with Crippen LogP contribution in [0.25, 0.3) is 16.7 Å². The minimum absolute atomic E-state index is 0.152. The predicted octanol–water partition coefficient (Wildman–Crippen LogP) is 5.72. The number of Topliss-reactive ketones (excluding diaryl/α,β-unsaturated/α-hetero) is 1. The van der Waals surface area contributed by atoms with Crippen molar-refractivity contribution in [1.82, 2.24) is 0 Å². The van der Waals surface area contributed by atoms with Gasteiger partial charge in [-0.3, -0.25) is 4.79 Å². The lowest BCUT2D eigenvalue weighted by Crippen LogP contribution is -2.12. The van der Waals surface area contributed by atoms with Gasteiger partial charge in [0.1, 0.15) is 5.71 Å². The van der Waals surface area contributed by atoms with E-state index in [0.29, 0.717) is 5.56 Å². The van der Waals surface area contributed by atoms with Crippen LogP contribution in [0.15, 0.2) is 65.3 Å². The van der Waals surface area contributed by atoms with Gasteiger partial charge in [0.15, 0.2) is 0 Å². The van der Waals surface area contributed by atoms with Gasteiger partial charge in [-0.25, -0.2) is 4.79 Å². The highest BCUT2D eigenvalue weighted by molar-refractivity contribution is 6.45. The molecule has 29 heavy (non-hydrogen) atoms. The third-order valence-electron chi connectivity index (χ3n) is 5.59. The molecule has 0 heterocycles. The van der Waals surface area contributed by atoms with Crippen LogP contribution in [-0.4, -0.2) is 17.5 Å². The Morgan fingerprint density at radius 1 is 0.897 bits per heavy atom. The lowest BCUT2D eigenvalue weighted by Gasteiger charge is -2.20. The molecule has 0 spiro atoms. The second-order valence-corrected chi connectivity index (χ2v) is 7.62. The van der Waals surface area contributed by atoms with Crippen molar-refractivity contribution in [1.29, 1.82) is 0 Å². The number of carbonyl (C=O) groups is 2. The number of hydrogen-bond donors (Lipinski definition) is 0. The normalized spacial score (nSPS) is 15.8. The van der Waals surface area contributed by atoms with Crippen LogP contribution in [-0.2, 0) is 9.63 Å². The molecule has 2 aliphatic rings. The fourth-order valence-electron chi connectivity index (χ4n) is 4.13. The maximum Gasteiger partial charge on any atom is 0.331 e. The van der Waals surface area contributed by atoms with Crippen LogP contribution in [0.1, 0.15) is 61.0 Å². The molecule has 1 saturated carbocycles. The summed E-state index contributed by atoms with van der Waals surface area (Å²) in [6, 6.07) is 14.2. The Morgan fingerprint density at radius 3 is 2.24 bits per heavy atom. The van der Waals surface area contributed by atoms with Gasteiger partial charge >= 0.3 is 5.97 Å². The van der Waals surface area contributed by atoms with Gasteiger partial charge in [0.2, 0.25) is 5.78 Å². The van der Waals surface area contributed by atoms with Gasteiger partial charge in [-0.2, -0.15) is 0 Å². The summed E-state index contributed by atoms with van der Waals surface area (Å²) in [4.78, 5) is 28.4. The van der Waals surface area contributed by atoms with E-state index < -0.39 is 5.97 Å². The molecular formula is C25H23NO3. The molecule has 0 atom stereocenters. The van der Waals surface area contributed by atoms with Gasteiger partial charge in [0.05, 0.1) is 0 Å². The molecule has 4 rings (SSSR count). The number of carbonyl (C=O) groups excluding carboxylic acids is 2. The van der Waals surface area contributed by atoms with Crippen molar-refractivity contribution < 1.29 is 14.4 Å². The average Bonchev–Trinajstić information content (AvgIpc) is 3.05. The summed E-state index contributed by atoms with van der Waals surface area (Å²) in [6.45, 7) is 6.94. The van der Waals surface area contributed by atoms with Crippen molar-refractivity contribution in [3.8, 4) is 11.1 Å². The van der Waals surface area contributed by atoms with E-state index in [9.17, 15) is 9.59 Å². The summed E-state index contributed by atoms with van der Waals surface area (Å²) >= 11 is 0. The zero-order valence-corrected chi connectivity index (χ0v) is 16.7. The highest BCUT2D eigenvalue weighted by Crippen LogP contribution is 2.48. The molecular weight excluding hydrogens is 362 g/mol. The van der Waals surface area contributed by atoms with Crippen molar-refractivity contribution in [2.24, 2.45) is 5.16 Å². The summed E-state index contributed by atoms with van der Waals surface area (Å²) < 4.78 is 0. The maximum atomic E-state index is 12.8. The molecule has 2 aromatic carbocycles. The van der Waals surface area contributed by atoms with Crippen LogP contribution in [0.2, 0.25) is 0 Å². The lowest BCUT2D eigenvalue weighted by atomic mass is 9.85. The van der Waals surface area contributed by atoms with Crippen LogP contribution in [0.3, 0.4) is 0 Å². The minimum Gasteiger partial charge on any atom is -0.318 e. The Hall–Kier alpha value is -3.27. The minimum atomic E-state index is -0.549. The fourth-order valence-corrected chi connectivity index (χ4v) is 4.13. The largest absolute Gasteiger partial charge is 0.331 e. The van der Waals surface area contributed by atoms with Crippen molar-refractivity contribution in [3.63, 3.8) is 0 Å². The van der Waals surface area contributed by atoms with E-state index in [2.05, 4.69) is 34.8 Å². The SMILES string of the molecule is C=C1CCC(=C2c3ccccc3-c3ccc(C(=O)/C(C)=N\OC(C)=O)cc32)CC1. The molecule has 0 N–H and O–H groups in total. The van der Waals surface area contributed by atoms with Crippen molar-refractivity contribution in [2.45, 2.75) is 39.5 Å². The van der Waals surface area contributed by atoms with E-state index in [1.807, 2.05) is 24.3 Å². The fraction of sp³-hybridized carbons (Fsp3) is 0.240. The van der Waals surface area contributed by atoms with E-state index in [0.717, 1.165) is 36.8 Å². The molecule has 0 aromatic heterocycles. The Labute approximate surface area is 170 Å². The molecule has 2 aromatic rings. The molecule has 0 aliphatic heterocycles. The maximum absolute atomic E-state index is 12.8. The number of benzene rings is 2. The smallest absolute Gasteiger partial charge is 0.318 e. The first kappa shape index (κ1) is 19.1. The van der Waals surface area contributed by atoms with Gasteiger partial charge in [-0.15, -0.1) is 0 Å². The standard InChI is InChI=1S/C25H23NO3/c1-15-8-10-18(11-9-15)24-22-7-5-4-6-20(22)21-13-12-19(14-23(21)24)25(28)16(2)26-29-17(3)27/h4-7,12-14H,1,8-11H2,2-3H3/b26-16-. The predicted molar refractivity (Wildman–Crippen MR) is 115 cm³/mol. The zero-order chi connectivity index (χ0) is 20.5. The average molecular weight is 385 g/mol. The molecule has 0 bridgehead atoms. The molecule has 4 heteroatoms. The number of nitrogens with zero attached hydrogens (tertiary/aromatic N) is 1. The van der Waals surface area contributed by atoms with E-state index in [1.165, 1.54) is 34.8 Å². The van der Waals surface area contributed by atoms with Gasteiger partial charge in [0.25, 0.3) is 0 Å². The molecule has 4 nitrogen and oxygen atoms in total. The number of ketones is 1. The molecule has 0 radical (unpaired) electrons.